The van der Waals surface area contributed by atoms with Crippen molar-refractivity contribution in [2.24, 2.45) is 0 Å². The van der Waals surface area contributed by atoms with Gasteiger partial charge in [-0.3, -0.25) is 14.5 Å². The average Bonchev–Trinajstić information content (AvgIpc) is 2.78. The van der Waals surface area contributed by atoms with E-state index in [2.05, 4.69) is 10.2 Å². The van der Waals surface area contributed by atoms with Gasteiger partial charge in [-0.25, -0.2) is 0 Å². The second kappa shape index (κ2) is 9.36. The van der Waals surface area contributed by atoms with Gasteiger partial charge in [0.05, 0.1) is 6.54 Å². The molecule has 0 aromatic heterocycles. The van der Waals surface area contributed by atoms with Crippen LogP contribution < -0.4 is 14.8 Å². The highest BCUT2D eigenvalue weighted by molar-refractivity contribution is 6.30. The maximum absolute atomic E-state index is 12.8. The highest BCUT2D eigenvalue weighted by Crippen LogP contribution is 2.31. The molecule has 0 radical (unpaired) electrons. The fraction of sp³-hybridized carbons (Fsp3) is 0.364. The third kappa shape index (κ3) is 5.04. The van der Waals surface area contributed by atoms with Crippen LogP contribution in [0, 0.1) is 0 Å². The van der Waals surface area contributed by atoms with Gasteiger partial charge in [0, 0.05) is 37.7 Å². The van der Waals surface area contributed by atoms with Gasteiger partial charge >= 0.3 is 0 Å². The summed E-state index contributed by atoms with van der Waals surface area (Å²) in [5.41, 5.74) is 0.999. The van der Waals surface area contributed by atoms with Crippen molar-refractivity contribution in [2.45, 2.75) is 12.6 Å². The van der Waals surface area contributed by atoms with Crippen LogP contribution in [0.1, 0.15) is 5.56 Å². The summed E-state index contributed by atoms with van der Waals surface area (Å²) < 4.78 is 11.5. The molecule has 4 rings (SSSR count). The summed E-state index contributed by atoms with van der Waals surface area (Å²) in [5, 5.41) is 3.59. The van der Waals surface area contributed by atoms with Gasteiger partial charge in [0.15, 0.2) is 11.5 Å². The van der Waals surface area contributed by atoms with Gasteiger partial charge in [-0.2, -0.15) is 0 Å². The van der Waals surface area contributed by atoms with E-state index in [1.165, 1.54) is 0 Å². The third-order valence-corrected chi connectivity index (χ3v) is 5.49. The normalized spacial score (nSPS) is 18.7. The minimum Gasteiger partial charge on any atom is -0.485 e. The van der Waals surface area contributed by atoms with E-state index >= 15 is 0 Å². The highest BCUT2D eigenvalue weighted by Gasteiger charge is 2.32. The lowest BCUT2D eigenvalue weighted by molar-refractivity contribution is -0.143. The standard InChI is InChI=1S/C22H24ClN3O4/c23-17-7-5-16(6-8-17)13-24-21(27)14-25-9-11-26(12-10-25)22(28)20-15-29-18-3-1-2-4-19(18)30-20/h1-8,20H,9-15H2,(H,24,27). The zero-order chi connectivity index (χ0) is 20.9. The molecule has 2 amide bonds. The summed E-state index contributed by atoms with van der Waals surface area (Å²) in [6.45, 7) is 3.40. The first-order chi connectivity index (χ1) is 14.6. The van der Waals surface area contributed by atoms with Gasteiger partial charge in [-0.05, 0) is 29.8 Å². The van der Waals surface area contributed by atoms with Crippen molar-refractivity contribution >= 4 is 23.4 Å². The number of carbonyl (C=O) groups excluding carboxylic acids is 2. The SMILES string of the molecule is O=C(CN1CCN(C(=O)C2COc3ccccc3O2)CC1)NCc1ccc(Cl)cc1. The number of rotatable bonds is 5. The number of piperazine rings is 1. The highest BCUT2D eigenvalue weighted by atomic mass is 35.5. The van der Waals surface area contributed by atoms with Crippen molar-refractivity contribution in [3.05, 3.63) is 59.1 Å². The number of benzene rings is 2. The van der Waals surface area contributed by atoms with E-state index in [9.17, 15) is 9.59 Å². The summed E-state index contributed by atoms with van der Waals surface area (Å²) in [6, 6.07) is 14.7. The topological polar surface area (TPSA) is 71.1 Å². The molecule has 30 heavy (non-hydrogen) atoms. The predicted octanol–water partition coefficient (Wildman–Crippen LogP) is 1.94. The fourth-order valence-corrected chi connectivity index (χ4v) is 3.66. The monoisotopic (exact) mass is 429 g/mol. The molecule has 1 saturated heterocycles. The van der Waals surface area contributed by atoms with Gasteiger partial charge in [-0.15, -0.1) is 0 Å². The van der Waals surface area contributed by atoms with Crippen LogP contribution >= 0.6 is 11.6 Å². The zero-order valence-corrected chi connectivity index (χ0v) is 17.3. The number of fused-ring (bicyclic) bond motifs is 1. The number of nitrogens with zero attached hydrogens (tertiary/aromatic N) is 2. The quantitative estimate of drug-likeness (QED) is 0.786. The van der Waals surface area contributed by atoms with E-state index in [0.29, 0.717) is 55.8 Å². The largest absolute Gasteiger partial charge is 0.485 e. The molecule has 2 aliphatic rings. The molecule has 0 aliphatic carbocycles. The molecular formula is C22H24ClN3O4. The maximum atomic E-state index is 12.8. The van der Waals surface area contributed by atoms with Crippen LogP contribution in [0.5, 0.6) is 11.5 Å². The Bertz CT molecular complexity index is 898. The van der Waals surface area contributed by atoms with E-state index < -0.39 is 6.10 Å². The zero-order valence-electron chi connectivity index (χ0n) is 16.6. The van der Waals surface area contributed by atoms with Crippen molar-refractivity contribution in [3.63, 3.8) is 0 Å². The number of para-hydroxylation sites is 2. The maximum Gasteiger partial charge on any atom is 0.267 e. The van der Waals surface area contributed by atoms with Crippen LogP contribution in [-0.4, -0.2) is 67.0 Å². The molecular weight excluding hydrogens is 406 g/mol. The van der Waals surface area contributed by atoms with Gasteiger partial charge in [0.1, 0.15) is 6.61 Å². The smallest absolute Gasteiger partial charge is 0.267 e. The van der Waals surface area contributed by atoms with Crippen LogP contribution in [0.15, 0.2) is 48.5 Å². The lowest BCUT2D eigenvalue weighted by Gasteiger charge is -2.36. The summed E-state index contributed by atoms with van der Waals surface area (Å²) in [6.07, 6.45) is -0.630. The lowest BCUT2D eigenvalue weighted by atomic mass is 10.2. The van der Waals surface area contributed by atoms with E-state index in [1.807, 2.05) is 30.3 Å². The Hall–Kier alpha value is -2.77. The first-order valence-corrected chi connectivity index (χ1v) is 10.4. The van der Waals surface area contributed by atoms with Gasteiger partial charge in [0.25, 0.3) is 5.91 Å². The molecule has 2 aromatic rings. The second-order valence-electron chi connectivity index (χ2n) is 7.37. The van der Waals surface area contributed by atoms with E-state index in [4.69, 9.17) is 21.1 Å². The van der Waals surface area contributed by atoms with Crippen molar-refractivity contribution < 1.29 is 19.1 Å². The molecule has 158 valence electrons. The predicted molar refractivity (Wildman–Crippen MR) is 113 cm³/mol. The van der Waals surface area contributed by atoms with Gasteiger partial charge in [-0.1, -0.05) is 35.9 Å². The number of amides is 2. The van der Waals surface area contributed by atoms with Crippen molar-refractivity contribution in [1.29, 1.82) is 0 Å². The molecule has 1 N–H and O–H groups in total. The Labute approximate surface area is 180 Å². The second-order valence-corrected chi connectivity index (χ2v) is 7.81. The number of hydrogen-bond donors (Lipinski definition) is 1. The minimum absolute atomic E-state index is 0.0367. The number of nitrogens with one attached hydrogen (secondary N) is 1. The summed E-state index contributed by atoms with van der Waals surface area (Å²) in [5.74, 6) is 1.15. The Kier molecular flexibility index (Phi) is 6.40. The summed E-state index contributed by atoms with van der Waals surface area (Å²) in [7, 11) is 0. The van der Waals surface area contributed by atoms with Crippen LogP contribution in [-0.2, 0) is 16.1 Å². The van der Waals surface area contributed by atoms with E-state index in [1.54, 1.807) is 23.1 Å². The molecule has 1 unspecified atom stereocenters. The third-order valence-electron chi connectivity index (χ3n) is 5.24. The molecule has 7 nitrogen and oxygen atoms in total. The van der Waals surface area contributed by atoms with Gasteiger partial charge in [0.2, 0.25) is 12.0 Å². The Morgan fingerprint density at radius 1 is 1.00 bits per heavy atom. The molecule has 1 atom stereocenters. The minimum atomic E-state index is -0.630. The van der Waals surface area contributed by atoms with Crippen LogP contribution in [0.25, 0.3) is 0 Å². The molecule has 2 aromatic carbocycles. The van der Waals surface area contributed by atoms with Crippen LogP contribution in [0.3, 0.4) is 0 Å². The first kappa shape index (κ1) is 20.5. The number of hydrogen-bond acceptors (Lipinski definition) is 5. The summed E-state index contributed by atoms with van der Waals surface area (Å²) in [4.78, 5) is 28.9. The van der Waals surface area contributed by atoms with Crippen molar-refractivity contribution in [2.75, 3.05) is 39.3 Å². The Morgan fingerprint density at radius 3 is 2.43 bits per heavy atom. The van der Waals surface area contributed by atoms with E-state index in [0.717, 1.165) is 5.56 Å². The molecule has 0 spiro atoms. The molecule has 0 bridgehead atoms. The molecule has 1 fully saturated rings. The molecule has 2 heterocycles. The molecule has 2 aliphatic heterocycles. The Morgan fingerprint density at radius 2 is 1.70 bits per heavy atom. The molecule has 0 saturated carbocycles. The number of halogens is 1. The van der Waals surface area contributed by atoms with Crippen molar-refractivity contribution in [3.8, 4) is 11.5 Å². The fourth-order valence-electron chi connectivity index (χ4n) is 3.53. The van der Waals surface area contributed by atoms with Crippen LogP contribution in [0.4, 0.5) is 0 Å². The van der Waals surface area contributed by atoms with Crippen molar-refractivity contribution in [1.82, 2.24) is 15.1 Å². The van der Waals surface area contributed by atoms with E-state index in [-0.39, 0.29) is 18.4 Å². The van der Waals surface area contributed by atoms with Crippen LogP contribution in [0.2, 0.25) is 5.02 Å². The molecule has 8 heteroatoms. The van der Waals surface area contributed by atoms with Gasteiger partial charge < -0.3 is 19.7 Å². The summed E-state index contributed by atoms with van der Waals surface area (Å²) >= 11 is 5.87. The first-order valence-electron chi connectivity index (χ1n) is 9.99. The number of carbonyl (C=O) groups is 2. The number of ether oxygens (including phenoxy) is 2. The Balaban J connectivity index is 1.20. The lowest BCUT2D eigenvalue weighted by Crippen LogP contribution is -2.55. The average molecular weight is 430 g/mol.